The Hall–Kier alpha value is -3.86. The van der Waals surface area contributed by atoms with Gasteiger partial charge in [-0.3, -0.25) is 4.79 Å². The van der Waals surface area contributed by atoms with Gasteiger partial charge in [0.25, 0.3) is 5.91 Å². The van der Waals surface area contributed by atoms with Crippen molar-refractivity contribution in [2.45, 2.75) is 12.8 Å². The molecule has 0 unspecified atom stereocenters. The summed E-state index contributed by atoms with van der Waals surface area (Å²) in [6, 6.07) is 11.3. The van der Waals surface area contributed by atoms with E-state index in [-0.39, 0.29) is 22.5 Å². The summed E-state index contributed by atoms with van der Waals surface area (Å²) in [4.78, 5) is 24.1. The first kappa shape index (κ1) is 17.5. The van der Waals surface area contributed by atoms with E-state index in [1.807, 2.05) is 12.1 Å². The number of hydrogen-bond donors (Lipinski definition) is 3. The summed E-state index contributed by atoms with van der Waals surface area (Å²) in [5.74, 6) is -1.14. The molecule has 28 heavy (non-hydrogen) atoms. The second kappa shape index (κ2) is 7.04. The lowest BCUT2D eigenvalue weighted by Gasteiger charge is -2.08. The molecule has 1 heterocycles. The maximum Gasteiger partial charge on any atom is 0.337 e. The van der Waals surface area contributed by atoms with Gasteiger partial charge in [-0.25, -0.2) is 4.79 Å². The van der Waals surface area contributed by atoms with Crippen LogP contribution in [-0.4, -0.2) is 28.7 Å². The maximum absolute atomic E-state index is 12.7. The monoisotopic (exact) mass is 376 g/mol. The van der Waals surface area contributed by atoms with Crippen LogP contribution in [0.1, 0.15) is 39.3 Å². The van der Waals surface area contributed by atoms with Crippen molar-refractivity contribution in [2.75, 3.05) is 17.2 Å². The number of aromatic nitrogens is 1. The van der Waals surface area contributed by atoms with Crippen LogP contribution in [-0.2, 0) is 0 Å². The number of hydrogen-bond acceptors (Lipinski definition) is 6. The molecular weight excluding hydrogens is 360 g/mol. The molecule has 140 valence electrons. The Morgan fingerprint density at radius 2 is 2.07 bits per heavy atom. The maximum atomic E-state index is 12.7. The van der Waals surface area contributed by atoms with Crippen molar-refractivity contribution in [3.05, 3.63) is 53.2 Å². The molecule has 8 nitrogen and oxygen atoms in total. The van der Waals surface area contributed by atoms with Gasteiger partial charge in [0.1, 0.15) is 0 Å². The third kappa shape index (κ3) is 3.50. The lowest BCUT2D eigenvalue weighted by atomic mass is 10.1. The van der Waals surface area contributed by atoms with E-state index in [1.54, 1.807) is 12.1 Å². The van der Waals surface area contributed by atoms with Gasteiger partial charge in [0.15, 0.2) is 11.3 Å². The zero-order valence-corrected chi connectivity index (χ0v) is 14.7. The van der Waals surface area contributed by atoms with E-state index >= 15 is 0 Å². The van der Waals surface area contributed by atoms with Gasteiger partial charge in [0, 0.05) is 12.2 Å². The smallest absolute Gasteiger partial charge is 0.337 e. The van der Waals surface area contributed by atoms with E-state index < -0.39 is 11.9 Å². The molecule has 0 spiro atoms. The highest BCUT2D eigenvalue weighted by Crippen LogP contribution is 2.30. The first-order valence-corrected chi connectivity index (χ1v) is 8.77. The highest BCUT2D eigenvalue weighted by molar-refractivity contribution is 6.12. The SMILES string of the molecule is N#Cc1ccc(NC(=O)c2noc3ccc(NCC4CC4)cc23)c(C(=O)O)c1. The molecule has 1 aromatic heterocycles. The first-order valence-electron chi connectivity index (χ1n) is 8.77. The van der Waals surface area contributed by atoms with Crippen LogP contribution in [0.5, 0.6) is 0 Å². The minimum Gasteiger partial charge on any atom is -0.478 e. The Morgan fingerprint density at radius 1 is 1.25 bits per heavy atom. The van der Waals surface area contributed by atoms with Crippen molar-refractivity contribution < 1.29 is 19.2 Å². The van der Waals surface area contributed by atoms with Gasteiger partial charge in [-0.1, -0.05) is 5.16 Å². The van der Waals surface area contributed by atoms with Gasteiger partial charge in [0.05, 0.1) is 28.3 Å². The summed E-state index contributed by atoms with van der Waals surface area (Å²) >= 11 is 0. The number of rotatable bonds is 6. The van der Waals surface area contributed by atoms with Crippen LogP contribution in [0.3, 0.4) is 0 Å². The second-order valence-electron chi connectivity index (χ2n) is 6.70. The standard InChI is InChI=1S/C20H16N4O4/c21-9-12-3-5-16(14(7-12)20(26)27)23-19(25)18-15-8-13(22-10-11-1-2-11)4-6-17(15)28-24-18/h3-8,11,22H,1-2,10H2,(H,23,25)(H,26,27). The predicted molar refractivity (Wildman–Crippen MR) is 101 cm³/mol. The number of nitrogens with one attached hydrogen (secondary N) is 2. The molecule has 1 saturated carbocycles. The molecule has 0 aliphatic heterocycles. The summed E-state index contributed by atoms with van der Waals surface area (Å²) in [6.45, 7) is 0.880. The minimum atomic E-state index is -1.25. The average molecular weight is 376 g/mol. The molecular formula is C20H16N4O4. The summed E-state index contributed by atoms with van der Waals surface area (Å²) in [5, 5.41) is 28.5. The summed E-state index contributed by atoms with van der Waals surface area (Å²) in [7, 11) is 0. The third-order valence-electron chi connectivity index (χ3n) is 4.60. The van der Waals surface area contributed by atoms with Crippen molar-refractivity contribution in [1.29, 1.82) is 5.26 Å². The lowest BCUT2D eigenvalue weighted by Crippen LogP contribution is -2.15. The van der Waals surface area contributed by atoms with E-state index in [0.29, 0.717) is 16.9 Å². The van der Waals surface area contributed by atoms with E-state index in [1.165, 1.54) is 31.0 Å². The normalized spacial score (nSPS) is 13.1. The van der Waals surface area contributed by atoms with Gasteiger partial charge in [-0.05, 0) is 55.2 Å². The lowest BCUT2D eigenvalue weighted by molar-refractivity contribution is 0.0698. The van der Waals surface area contributed by atoms with Crippen molar-refractivity contribution in [3.8, 4) is 6.07 Å². The zero-order valence-electron chi connectivity index (χ0n) is 14.7. The summed E-state index contributed by atoms with van der Waals surface area (Å²) in [6.07, 6.45) is 2.46. The van der Waals surface area contributed by atoms with E-state index in [0.717, 1.165) is 12.2 Å². The number of anilines is 2. The fourth-order valence-corrected chi connectivity index (χ4v) is 2.88. The molecule has 2 aromatic carbocycles. The Labute approximate surface area is 159 Å². The molecule has 1 aliphatic rings. The second-order valence-corrected chi connectivity index (χ2v) is 6.70. The molecule has 0 atom stereocenters. The Balaban J connectivity index is 1.61. The van der Waals surface area contributed by atoms with Crippen molar-refractivity contribution in [1.82, 2.24) is 5.16 Å². The van der Waals surface area contributed by atoms with Gasteiger partial charge in [-0.2, -0.15) is 5.26 Å². The molecule has 4 rings (SSSR count). The number of carboxylic acids is 1. The van der Waals surface area contributed by atoms with Crippen LogP contribution < -0.4 is 10.6 Å². The van der Waals surface area contributed by atoms with Gasteiger partial charge < -0.3 is 20.3 Å². The first-order chi connectivity index (χ1) is 13.5. The highest BCUT2D eigenvalue weighted by atomic mass is 16.5. The number of amides is 1. The van der Waals surface area contributed by atoms with Crippen molar-refractivity contribution in [3.63, 3.8) is 0 Å². The van der Waals surface area contributed by atoms with E-state index in [2.05, 4.69) is 15.8 Å². The fourth-order valence-electron chi connectivity index (χ4n) is 2.88. The molecule has 1 aliphatic carbocycles. The molecule has 0 saturated heterocycles. The molecule has 0 radical (unpaired) electrons. The topological polar surface area (TPSA) is 128 Å². The van der Waals surface area contributed by atoms with Crippen LogP contribution in [0.4, 0.5) is 11.4 Å². The molecule has 0 bridgehead atoms. The number of benzene rings is 2. The van der Waals surface area contributed by atoms with Crippen LogP contribution in [0.2, 0.25) is 0 Å². The quantitative estimate of drug-likeness (QED) is 0.601. The molecule has 8 heteroatoms. The van der Waals surface area contributed by atoms with Gasteiger partial charge >= 0.3 is 5.97 Å². The van der Waals surface area contributed by atoms with Gasteiger partial charge in [0.2, 0.25) is 0 Å². The highest BCUT2D eigenvalue weighted by Gasteiger charge is 2.22. The van der Waals surface area contributed by atoms with Crippen LogP contribution in [0.15, 0.2) is 40.9 Å². The van der Waals surface area contributed by atoms with Crippen LogP contribution in [0.25, 0.3) is 11.0 Å². The molecule has 3 N–H and O–H groups in total. The predicted octanol–water partition coefficient (Wildman–Crippen LogP) is 3.47. The number of carbonyl (C=O) groups is 2. The summed E-state index contributed by atoms with van der Waals surface area (Å²) < 4.78 is 5.22. The number of nitrogens with zero attached hydrogens (tertiary/aromatic N) is 2. The van der Waals surface area contributed by atoms with E-state index in [9.17, 15) is 14.7 Å². The fraction of sp³-hybridized carbons (Fsp3) is 0.200. The molecule has 1 amide bonds. The largest absolute Gasteiger partial charge is 0.478 e. The third-order valence-corrected chi connectivity index (χ3v) is 4.60. The van der Waals surface area contributed by atoms with E-state index in [4.69, 9.17) is 9.78 Å². The molecule has 1 fully saturated rings. The number of fused-ring (bicyclic) bond motifs is 1. The van der Waals surface area contributed by atoms with Crippen molar-refractivity contribution in [2.24, 2.45) is 5.92 Å². The minimum absolute atomic E-state index is 0.0609. The number of carbonyl (C=O) groups excluding carboxylic acids is 1. The number of carboxylic acid groups (broad SMARTS) is 1. The number of nitriles is 1. The Bertz CT molecular complexity index is 1120. The Kier molecular flexibility index (Phi) is 4.41. The van der Waals surface area contributed by atoms with Crippen molar-refractivity contribution >= 4 is 34.2 Å². The number of aromatic carboxylic acids is 1. The molecule has 3 aromatic rings. The average Bonchev–Trinajstić information content (AvgIpc) is 3.43. The Morgan fingerprint density at radius 3 is 2.79 bits per heavy atom. The van der Waals surface area contributed by atoms with Crippen LogP contribution in [0, 0.1) is 17.2 Å². The zero-order chi connectivity index (χ0) is 19.7. The summed E-state index contributed by atoms with van der Waals surface area (Å²) in [5.41, 5.74) is 1.48. The van der Waals surface area contributed by atoms with Gasteiger partial charge in [-0.15, -0.1) is 0 Å². The van der Waals surface area contributed by atoms with Crippen LogP contribution >= 0.6 is 0 Å².